The van der Waals surface area contributed by atoms with E-state index >= 15 is 0 Å². The first-order chi connectivity index (χ1) is 7.15. The summed E-state index contributed by atoms with van der Waals surface area (Å²) < 4.78 is 4.95. The maximum Gasteiger partial charge on any atom is 0.161 e. The molecule has 0 saturated carbocycles. The fourth-order valence-electron chi connectivity index (χ4n) is 1.19. The van der Waals surface area contributed by atoms with Gasteiger partial charge in [-0.1, -0.05) is 0 Å². The number of methoxy groups -OCH3 is 1. The maximum atomic E-state index is 11.1. The van der Waals surface area contributed by atoms with Crippen molar-refractivity contribution in [2.45, 2.75) is 11.8 Å². The smallest absolute Gasteiger partial charge is 0.161 e. The third-order valence-electron chi connectivity index (χ3n) is 1.96. The lowest BCUT2D eigenvalue weighted by Gasteiger charge is -2.05. The summed E-state index contributed by atoms with van der Waals surface area (Å²) in [6, 6.07) is 5.51. The van der Waals surface area contributed by atoms with E-state index in [0.29, 0.717) is 17.9 Å². The van der Waals surface area contributed by atoms with Gasteiger partial charge in [-0.15, -0.1) is 11.8 Å². The molecular weight excluding hydrogens is 210 g/mol. The SMILES string of the molecule is COCCSc1ccc(C(C)=O)c(N)c1. The number of hydrogen-bond donors (Lipinski definition) is 1. The standard InChI is InChI=1S/C11H15NO2S/c1-8(13)10-4-3-9(7-11(10)12)15-6-5-14-2/h3-4,7H,5-6,12H2,1-2H3. The van der Waals surface area contributed by atoms with Gasteiger partial charge >= 0.3 is 0 Å². The van der Waals surface area contributed by atoms with Crippen LogP contribution in [0.5, 0.6) is 0 Å². The Hall–Kier alpha value is -1.00. The van der Waals surface area contributed by atoms with Crippen molar-refractivity contribution in [2.75, 3.05) is 25.2 Å². The van der Waals surface area contributed by atoms with Crippen molar-refractivity contribution >= 4 is 23.2 Å². The number of carbonyl (C=O) groups excluding carboxylic acids is 1. The molecule has 0 aliphatic rings. The largest absolute Gasteiger partial charge is 0.398 e. The second kappa shape index (κ2) is 5.78. The molecule has 0 atom stereocenters. The van der Waals surface area contributed by atoms with Crippen molar-refractivity contribution in [2.24, 2.45) is 0 Å². The van der Waals surface area contributed by atoms with Crippen LogP contribution in [-0.2, 0) is 4.74 Å². The lowest BCUT2D eigenvalue weighted by molar-refractivity contribution is 0.101. The molecule has 0 aromatic heterocycles. The van der Waals surface area contributed by atoms with Crippen molar-refractivity contribution in [3.8, 4) is 0 Å². The summed E-state index contributed by atoms with van der Waals surface area (Å²) in [6.45, 7) is 2.22. The molecule has 0 fully saturated rings. The molecule has 1 aromatic carbocycles. The van der Waals surface area contributed by atoms with Gasteiger partial charge in [0.1, 0.15) is 0 Å². The van der Waals surface area contributed by atoms with Crippen LogP contribution in [0.25, 0.3) is 0 Å². The van der Waals surface area contributed by atoms with E-state index in [1.54, 1.807) is 24.9 Å². The number of hydrogen-bond acceptors (Lipinski definition) is 4. The van der Waals surface area contributed by atoms with E-state index in [1.807, 2.05) is 12.1 Å². The molecular formula is C11H15NO2S. The van der Waals surface area contributed by atoms with Crippen LogP contribution < -0.4 is 5.73 Å². The summed E-state index contributed by atoms with van der Waals surface area (Å²) in [5.41, 5.74) is 6.90. The molecule has 1 rings (SSSR count). The third kappa shape index (κ3) is 3.57. The van der Waals surface area contributed by atoms with Gasteiger partial charge in [0, 0.05) is 29.0 Å². The number of thioether (sulfide) groups is 1. The Morgan fingerprint density at radius 3 is 2.80 bits per heavy atom. The number of Topliss-reactive ketones (excluding diaryl/α,β-unsaturated/α-hetero) is 1. The van der Waals surface area contributed by atoms with Gasteiger partial charge in [0.2, 0.25) is 0 Å². The van der Waals surface area contributed by atoms with Crippen molar-refractivity contribution in [3.63, 3.8) is 0 Å². The molecule has 0 amide bonds. The first-order valence-electron chi connectivity index (χ1n) is 4.67. The number of benzene rings is 1. The maximum absolute atomic E-state index is 11.1. The summed E-state index contributed by atoms with van der Waals surface area (Å²) in [6.07, 6.45) is 0. The lowest BCUT2D eigenvalue weighted by Crippen LogP contribution is -1.99. The number of ketones is 1. The van der Waals surface area contributed by atoms with Gasteiger partial charge in [0.25, 0.3) is 0 Å². The molecule has 1 aromatic rings. The second-order valence-electron chi connectivity index (χ2n) is 3.15. The highest BCUT2D eigenvalue weighted by atomic mass is 32.2. The minimum atomic E-state index is 0.000872. The molecule has 0 aliphatic heterocycles. The Balaban J connectivity index is 2.69. The monoisotopic (exact) mass is 225 g/mol. The van der Waals surface area contributed by atoms with Gasteiger partial charge in [0.15, 0.2) is 5.78 Å². The molecule has 0 radical (unpaired) electrons. The normalized spacial score (nSPS) is 10.3. The van der Waals surface area contributed by atoms with Crippen molar-refractivity contribution in [1.29, 1.82) is 0 Å². The van der Waals surface area contributed by atoms with Crippen LogP contribution in [0.1, 0.15) is 17.3 Å². The van der Waals surface area contributed by atoms with Gasteiger partial charge < -0.3 is 10.5 Å². The van der Waals surface area contributed by atoms with Crippen LogP contribution in [0.2, 0.25) is 0 Å². The number of ether oxygens (including phenoxy) is 1. The summed E-state index contributed by atoms with van der Waals surface area (Å²) in [5, 5.41) is 0. The molecule has 82 valence electrons. The van der Waals surface area contributed by atoms with E-state index in [4.69, 9.17) is 10.5 Å². The van der Waals surface area contributed by atoms with Crippen LogP contribution in [-0.4, -0.2) is 25.3 Å². The van der Waals surface area contributed by atoms with Crippen molar-refractivity contribution in [3.05, 3.63) is 23.8 Å². The lowest BCUT2D eigenvalue weighted by atomic mass is 10.1. The Morgan fingerprint density at radius 1 is 1.53 bits per heavy atom. The highest BCUT2D eigenvalue weighted by Gasteiger charge is 2.05. The van der Waals surface area contributed by atoms with Crippen LogP contribution in [0.4, 0.5) is 5.69 Å². The number of nitrogens with two attached hydrogens (primary N) is 1. The quantitative estimate of drug-likeness (QED) is 0.361. The molecule has 0 spiro atoms. The molecule has 0 bridgehead atoms. The van der Waals surface area contributed by atoms with Gasteiger partial charge in [0.05, 0.1) is 6.61 Å². The zero-order valence-corrected chi connectivity index (χ0v) is 9.76. The van der Waals surface area contributed by atoms with Crippen LogP contribution in [0.15, 0.2) is 23.1 Å². The third-order valence-corrected chi connectivity index (χ3v) is 2.92. The molecule has 4 heteroatoms. The molecule has 0 aliphatic carbocycles. The molecule has 0 saturated heterocycles. The molecule has 15 heavy (non-hydrogen) atoms. The van der Waals surface area contributed by atoms with E-state index in [2.05, 4.69) is 0 Å². The molecule has 3 nitrogen and oxygen atoms in total. The van der Waals surface area contributed by atoms with E-state index in [9.17, 15) is 4.79 Å². The Morgan fingerprint density at radius 2 is 2.27 bits per heavy atom. The highest BCUT2D eigenvalue weighted by molar-refractivity contribution is 7.99. The number of anilines is 1. The number of nitrogen functional groups attached to an aromatic ring is 1. The molecule has 0 heterocycles. The summed E-state index contributed by atoms with van der Waals surface area (Å²) in [7, 11) is 1.67. The predicted octanol–water partition coefficient (Wildman–Crippen LogP) is 2.21. The van der Waals surface area contributed by atoms with Gasteiger partial charge in [-0.2, -0.15) is 0 Å². The Kier molecular flexibility index (Phi) is 4.65. The molecule has 0 unspecified atom stereocenters. The average molecular weight is 225 g/mol. The number of rotatable bonds is 5. The Labute approximate surface area is 94.0 Å². The minimum absolute atomic E-state index is 0.000872. The minimum Gasteiger partial charge on any atom is -0.398 e. The van der Waals surface area contributed by atoms with Gasteiger partial charge in [-0.3, -0.25) is 4.79 Å². The van der Waals surface area contributed by atoms with Crippen LogP contribution >= 0.6 is 11.8 Å². The molecule has 2 N–H and O–H groups in total. The van der Waals surface area contributed by atoms with E-state index in [1.165, 1.54) is 6.92 Å². The van der Waals surface area contributed by atoms with Gasteiger partial charge in [-0.05, 0) is 25.1 Å². The van der Waals surface area contributed by atoms with Crippen molar-refractivity contribution < 1.29 is 9.53 Å². The average Bonchev–Trinajstić information content (AvgIpc) is 2.17. The number of carbonyl (C=O) groups is 1. The first-order valence-corrected chi connectivity index (χ1v) is 5.66. The van der Waals surface area contributed by atoms with E-state index in [-0.39, 0.29) is 5.78 Å². The van der Waals surface area contributed by atoms with Gasteiger partial charge in [-0.25, -0.2) is 0 Å². The van der Waals surface area contributed by atoms with Crippen LogP contribution in [0, 0.1) is 0 Å². The topological polar surface area (TPSA) is 52.3 Å². The zero-order chi connectivity index (χ0) is 11.3. The second-order valence-corrected chi connectivity index (χ2v) is 4.31. The zero-order valence-electron chi connectivity index (χ0n) is 8.95. The summed E-state index contributed by atoms with van der Waals surface area (Å²) in [5.74, 6) is 0.885. The summed E-state index contributed by atoms with van der Waals surface area (Å²) in [4.78, 5) is 12.2. The highest BCUT2D eigenvalue weighted by Crippen LogP contribution is 2.23. The van der Waals surface area contributed by atoms with Crippen molar-refractivity contribution in [1.82, 2.24) is 0 Å². The summed E-state index contributed by atoms with van der Waals surface area (Å²) >= 11 is 1.66. The van der Waals surface area contributed by atoms with Crippen LogP contribution in [0.3, 0.4) is 0 Å². The van der Waals surface area contributed by atoms with E-state index < -0.39 is 0 Å². The Bertz CT molecular complexity index is 352. The van der Waals surface area contributed by atoms with E-state index in [0.717, 1.165) is 10.6 Å². The predicted molar refractivity (Wildman–Crippen MR) is 63.5 cm³/mol. The fraction of sp³-hybridized carbons (Fsp3) is 0.364. The first kappa shape index (κ1) is 12.1. The fourth-order valence-corrected chi connectivity index (χ4v) is 2.05.